The van der Waals surface area contributed by atoms with Gasteiger partial charge in [-0.2, -0.15) is 0 Å². The van der Waals surface area contributed by atoms with Crippen LogP contribution in [0.25, 0.3) is 0 Å². The van der Waals surface area contributed by atoms with Crippen LogP contribution in [0.5, 0.6) is 0 Å². The number of amides is 1. The van der Waals surface area contributed by atoms with Gasteiger partial charge in [-0.15, -0.1) is 0 Å². The molecular weight excluding hydrogens is 316 g/mol. The van der Waals surface area contributed by atoms with Gasteiger partial charge in [-0.25, -0.2) is 9.97 Å². The summed E-state index contributed by atoms with van der Waals surface area (Å²) >= 11 is 0. The number of rotatable bonds is 5. The summed E-state index contributed by atoms with van der Waals surface area (Å²) in [6.07, 6.45) is 3.15. The predicted octanol–water partition coefficient (Wildman–Crippen LogP) is 2.60. The van der Waals surface area contributed by atoms with Gasteiger partial charge in [0.1, 0.15) is 11.6 Å². The van der Waals surface area contributed by atoms with Gasteiger partial charge in [0.2, 0.25) is 5.91 Å². The van der Waals surface area contributed by atoms with Crippen molar-refractivity contribution in [1.29, 1.82) is 0 Å². The Balaban J connectivity index is 1.51. The smallest absolute Gasteiger partial charge is 0.225 e. The molecule has 0 spiro atoms. The first-order valence-electron chi connectivity index (χ1n) is 9.49. The highest BCUT2D eigenvalue weighted by atomic mass is 16.5. The van der Waals surface area contributed by atoms with Crippen molar-refractivity contribution in [3.63, 3.8) is 0 Å². The molecular formula is C19H30N4O2. The molecule has 6 nitrogen and oxygen atoms in total. The molecule has 3 rings (SSSR count). The molecule has 1 atom stereocenters. The number of carbonyl (C=O) groups excluding carboxylic acids is 1. The van der Waals surface area contributed by atoms with Gasteiger partial charge in [-0.1, -0.05) is 13.8 Å². The van der Waals surface area contributed by atoms with Crippen molar-refractivity contribution in [2.45, 2.75) is 46.0 Å². The van der Waals surface area contributed by atoms with Crippen molar-refractivity contribution in [3.8, 4) is 0 Å². The fourth-order valence-electron chi connectivity index (χ4n) is 3.63. The molecule has 6 heteroatoms. The number of ether oxygens (including phenoxy) is 1. The second-order valence-corrected chi connectivity index (χ2v) is 7.59. The van der Waals surface area contributed by atoms with Crippen LogP contribution < -0.4 is 5.32 Å². The van der Waals surface area contributed by atoms with Gasteiger partial charge < -0.3 is 15.0 Å². The molecule has 1 aromatic heterocycles. The van der Waals surface area contributed by atoms with Gasteiger partial charge in [-0.05, 0) is 32.1 Å². The number of hydrogen-bond donors (Lipinski definition) is 1. The molecule has 2 fully saturated rings. The maximum Gasteiger partial charge on any atom is 0.225 e. The molecule has 0 bridgehead atoms. The third-order valence-electron chi connectivity index (χ3n) is 5.20. The Morgan fingerprint density at radius 2 is 2.08 bits per heavy atom. The molecule has 1 aromatic rings. The molecule has 2 aliphatic rings. The summed E-state index contributed by atoms with van der Waals surface area (Å²) in [5.74, 6) is 3.08. The van der Waals surface area contributed by atoms with Crippen LogP contribution in [0.15, 0.2) is 6.07 Å². The Morgan fingerprint density at radius 1 is 1.32 bits per heavy atom. The third-order valence-corrected chi connectivity index (χ3v) is 5.20. The van der Waals surface area contributed by atoms with Gasteiger partial charge in [0.25, 0.3) is 0 Å². The van der Waals surface area contributed by atoms with E-state index in [1.165, 1.54) is 0 Å². The average Bonchev–Trinajstić information content (AvgIpc) is 3.14. The highest BCUT2D eigenvalue weighted by molar-refractivity contribution is 5.78. The Hall–Kier alpha value is -1.69. The topological polar surface area (TPSA) is 67.4 Å². The quantitative estimate of drug-likeness (QED) is 0.888. The number of carbonyl (C=O) groups is 1. The largest absolute Gasteiger partial charge is 0.381 e. The standard InChI is InChI=1S/C19H30N4O2/c1-13(2)19(24)23-7-4-15(5-8-23)11-20-18-10-17(21-14(3)22-18)16-6-9-25-12-16/h10,13,15-16H,4-9,11-12H2,1-3H3,(H,20,21,22). The zero-order valence-electron chi connectivity index (χ0n) is 15.6. The molecule has 25 heavy (non-hydrogen) atoms. The minimum absolute atomic E-state index is 0.0941. The first-order valence-corrected chi connectivity index (χ1v) is 9.49. The van der Waals surface area contributed by atoms with Gasteiger partial charge in [0, 0.05) is 44.1 Å². The van der Waals surface area contributed by atoms with Gasteiger partial charge >= 0.3 is 0 Å². The summed E-state index contributed by atoms with van der Waals surface area (Å²) in [5.41, 5.74) is 1.09. The van der Waals surface area contributed by atoms with E-state index in [0.717, 1.165) is 69.4 Å². The number of nitrogens with zero attached hydrogens (tertiary/aromatic N) is 3. The number of piperidine rings is 1. The Morgan fingerprint density at radius 3 is 2.72 bits per heavy atom. The van der Waals surface area contributed by atoms with Crippen LogP contribution in [-0.2, 0) is 9.53 Å². The second kappa shape index (κ2) is 8.13. The van der Waals surface area contributed by atoms with Crippen molar-refractivity contribution >= 4 is 11.7 Å². The first kappa shape index (κ1) is 18.1. The van der Waals surface area contributed by atoms with Crippen molar-refractivity contribution in [2.75, 3.05) is 38.2 Å². The van der Waals surface area contributed by atoms with E-state index >= 15 is 0 Å². The van der Waals surface area contributed by atoms with Crippen molar-refractivity contribution < 1.29 is 9.53 Å². The molecule has 1 N–H and O–H groups in total. The summed E-state index contributed by atoms with van der Waals surface area (Å²) in [5, 5.41) is 3.49. The minimum atomic E-state index is 0.0941. The molecule has 0 aliphatic carbocycles. The maximum atomic E-state index is 12.1. The van der Waals surface area contributed by atoms with Crippen molar-refractivity contribution in [2.24, 2.45) is 11.8 Å². The first-order chi connectivity index (χ1) is 12.0. The van der Waals surface area contributed by atoms with E-state index < -0.39 is 0 Å². The monoisotopic (exact) mass is 346 g/mol. The molecule has 0 saturated carbocycles. The minimum Gasteiger partial charge on any atom is -0.381 e. The number of nitrogens with one attached hydrogen (secondary N) is 1. The Bertz CT molecular complexity index is 591. The fraction of sp³-hybridized carbons (Fsp3) is 0.737. The normalized spacial score (nSPS) is 21.8. The average molecular weight is 346 g/mol. The lowest BCUT2D eigenvalue weighted by Crippen LogP contribution is -2.41. The second-order valence-electron chi connectivity index (χ2n) is 7.59. The van der Waals surface area contributed by atoms with E-state index in [1.54, 1.807) is 0 Å². The van der Waals surface area contributed by atoms with Crippen molar-refractivity contribution in [1.82, 2.24) is 14.9 Å². The molecule has 1 unspecified atom stereocenters. The van der Waals surface area contributed by atoms with Crippen LogP contribution in [-0.4, -0.2) is 53.6 Å². The molecule has 3 heterocycles. The number of aromatic nitrogens is 2. The molecule has 138 valence electrons. The lowest BCUT2D eigenvalue weighted by molar-refractivity contribution is -0.135. The van der Waals surface area contributed by atoms with E-state index in [0.29, 0.717) is 11.8 Å². The van der Waals surface area contributed by atoms with E-state index in [-0.39, 0.29) is 11.8 Å². The van der Waals surface area contributed by atoms with Gasteiger partial charge in [-0.3, -0.25) is 4.79 Å². The zero-order valence-corrected chi connectivity index (χ0v) is 15.6. The Labute approximate surface area is 150 Å². The highest BCUT2D eigenvalue weighted by Crippen LogP contribution is 2.25. The van der Waals surface area contributed by atoms with Crippen LogP contribution in [0.4, 0.5) is 5.82 Å². The van der Waals surface area contributed by atoms with Crippen LogP contribution in [0.3, 0.4) is 0 Å². The zero-order chi connectivity index (χ0) is 17.8. The fourth-order valence-corrected chi connectivity index (χ4v) is 3.63. The van der Waals surface area contributed by atoms with Crippen LogP contribution in [0, 0.1) is 18.8 Å². The molecule has 2 aliphatic heterocycles. The molecule has 0 radical (unpaired) electrons. The lowest BCUT2D eigenvalue weighted by Gasteiger charge is -2.33. The summed E-state index contributed by atoms with van der Waals surface area (Å²) in [6.45, 7) is 10.1. The molecule has 0 aromatic carbocycles. The van der Waals surface area contributed by atoms with Gasteiger partial charge in [0.05, 0.1) is 12.3 Å². The van der Waals surface area contributed by atoms with E-state index in [2.05, 4.69) is 21.4 Å². The molecule has 2 saturated heterocycles. The summed E-state index contributed by atoms with van der Waals surface area (Å²) in [6, 6.07) is 2.07. The van der Waals surface area contributed by atoms with Crippen molar-refractivity contribution in [3.05, 3.63) is 17.6 Å². The number of hydrogen-bond acceptors (Lipinski definition) is 5. The van der Waals surface area contributed by atoms with Crippen LogP contribution in [0.1, 0.15) is 50.5 Å². The SMILES string of the molecule is Cc1nc(NCC2CCN(C(=O)C(C)C)CC2)cc(C2CCOC2)n1. The Kier molecular flexibility index (Phi) is 5.89. The van der Waals surface area contributed by atoms with E-state index in [4.69, 9.17) is 4.74 Å². The third kappa shape index (κ3) is 4.69. The van der Waals surface area contributed by atoms with E-state index in [1.807, 2.05) is 25.7 Å². The lowest BCUT2D eigenvalue weighted by atomic mass is 9.96. The van der Waals surface area contributed by atoms with Crippen LogP contribution in [0.2, 0.25) is 0 Å². The summed E-state index contributed by atoms with van der Waals surface area (Å²) in [7, 11) is 0. The summed E-state index contributed by atoms with van der Waals surface area (Å²) in [4.78, 5) is 23.2. The highest BCUT2D eigenvalue weighted by Gasteiger charge is 2.24. The number of likely N-dealkylation sites (tertiary alicyclic amines) is 1. The summed E-state index contributed by atoms with van der Waals surface area (Å²) < 4.78 is 5.48. The number of aryl methyl sites for hydroxylation is 1. The van der Waals surface area contributed by atoms with E-state index in [9.17, 15) is 4.79 Å². The van der Waals surface area contributed by atoms with Gasteiger partial charge in [0.15, 0.2) is 0 Å². The predicted molar refractivity (Wildman–Crippen MR) is 97.6 cm³/mol. The van der Waals surface area contributed by atoms with Crippen LogP contribution >= 0.6 is 0 Å². The molecule has 1 amide bonds. The maximum absolute atomic E-state index is 12.1. The number of anilines is 1.